The predicted molar refractivity (Wildman–Crippen MR) is 77.0 cm³/mol. The Kier molecular flexibility index (Phi) is 4.68. The smallest absolute Gasteiger partial charge is 0.137 e. The van der Waals surface area contributed by atoms with Crippen LogP contribution in [0.3, 0.4) is 0 Å². The lowest BCUT2D eigenvalue weighted by Gasteiger charge is -2.15. The molecule has 2 rings (SSSR count). The van der Waals surface area contributed by atoms with Crippen molar-refractivity contribution in [2.45, 2.75) is 39.7 Å². The highest BCUT2D eigenvalue weighted by Gasteiger charge is 2.05. The third kappa shape index (κ3) is 4.17. The number of rotatable bonds is 6. The summed E-state index contributed by atoms with van der Waals surface area (Å²) < 4.78 is 0. The summed E-state index contributed by atoms with van der Waals surface area (Å²) in [4.78, 5) is 4.12. The highest BCUT2D eigenvalue weighted by molar-refractivity contribution is 5.30. The van der Waals surface area contributed by atoms with E-state index in [1.807, 2.05) is 0 Å². The lowest BCUT2D eigenvalue weighted by atomic mass is 10.0. The van der Waals surface area contributed by atoms with E-state index in [-0.39, 0.29) is 0 Å². The number of hydrogen-bond donors (Lipinski definition) is 2. The minimum atomic E-state index is 0.383. The molecular weight excluding hydrogens is 236 g/mol. The second kappa shape index (κ2) is 6.48. The molecule has 1 atom stereocenters. The number of aryl methyl sites for hydroxylation is 3. The van der Waals surface area contributed by atoms with Crippen LogP contribution in [0.1, 0.15) is 41.9 Å². The van der Waals surface area contributed by atoms with Crippen molar-refractivity contribution in [3.05, 3.63) is 47.0 Å². The van der Waals surface area contributed by atoms with Gasteiger partial charge in [-0.1, -0.05) is 29.3 Å². The molecule has 0 spiro atoms. The van der Waals surface area contributed by atoms with Gasteiger partial charge in [-0.25, -0.2) is 4.98 Å². The molecule has 0 amide bonds. The predicted octanol–water partition coefficient (Wildman–Crippen LogP) is 2.70. The van der Waals surface area contributed by atoms with Crippen molar-refractivity contribution in [1.82, 2.24) is 20.5 Å². The van der Waals surface area contributed by atoms with Gasteiger partial charge in [0.15, 0.2) is 0 Å². The molecule has 1 aromatic carbocycles. The van der Waals surface area contributed by atoms with Crippen LogP contribution in [0.2, 0.25) is 0 Å². The fourth-order valence-electron chi connectivity index (χ4n) is 2.30. The number of aromatic amines is 1. The van der Waals surface area contributed by atoms with Crippen LogP contribution in [0.5, 0.6) is 0 Å². The van der Waals surface area contributed by atoms with Gasteiger partial charge in [-0.2, -0.15) is 5.10 Å². The fourth-order valence-corrected chi connectivity index (χ4v) is 2.30. The summed E-state index contributed by atoms with van der Waals surface area (Å²) in [6.07, 6.45) is 3.55. The van der Waals surface area contributed by atoms with Crippen molar-refractivity contribution in [3.63, 3.8) is 0 Å². The van der Waals surface area contributed by atoms with Crippen LogP contribution >= 0.6 is 0 Å². The maximum Gasteiger partial charge on any atom is 0.137 e. The zero-order valence-electron chi connectivity index (χ0n) is 11.9. The average molecular weight is 258 g/mol. The number of aromatic nitrogens is 3. The summed E-state index contributed by atoms with van der Waals surface area (Å²) in [6, 6.07) is 7.09. The monoisotopic (exact) mass is 258 g/mol. The number of nitrogens with zero attached hydrogens (tertiary/aromatic N) is 2. The van der Waals surface area contributed by atoms with E-state index in [0.717, 1.165) is 25.2 Å². The molecule has 4 nitrogen and oxygen atoms in total. The number of H-pyrrole nitrogens is 1. The quantitative estimate of drug-likeness (QED) is 0.783. The van der Waals surface area contributed by atoms with Crippen LogP contribution in [-0.2, 0) is 6.42 Å². The normalized spacial score (nSPS) is 12.6. The number of benzene rings is 1. The van der Waals surface area contributed by atoms with Crippen LogP contribution in [0.25, 0.3) is 0 Å². The zero-order chi connectivity index (χ0) is 13.7. The molecule has 0 saturated carbocycles. The molecule has 1 unspecified atom stereocenters. The number of hydrogen-bond acceptors (Lipinski definition) is 3. The molecule has 2 N–H and O–H groups in total. The van der Waals surface area contributed by atoms with Gasteiger partial charge in [-0.15, -0.1) is 0 Å². The first-order valence-corrected chi connectivity index (χ1v) is 6.81. The highest BCUT2D eigenvalue weighted by atomic mass is 15.2. The standard InChI is InChI=1S/C15H22N4/c1-11-7-12(2)9-14(8-11)13(3)16-6-4-5-15-17-10-18-19-15/h7-10,13,16H,4-6H2,1-3H3,(H,17,18,19). The van der Waals surface area contributed by atoms with Gasteiger partial charge in [-0.3, -0.25) is 5.10 Å². The Labute approximate surface area is 114 Å². The van der Waals surface area contributed by atoms with E-state index in [1.54, 1.807) is 6.33 Å². The fraction of sp³-hybridized carbons (Fsp3) is 0.467. The summed E-state index contributed by atoms with van der Waals surface area (Å²) in [5, 5.41) is 10.3. The molecule has 19 heavy (non-hydrogen) atoms. The molecule has 0 aliphatic carbocycles. The van der Waals surface area contributed by atoms with Crippen molar-refractivity contribution < 1.29 is 0 Å². The van der Waals surface area contributed by atoms with E-state index in [1.165, 1.54) is 16.7 Å². The van der Waals surface area contributed by atoms with Crippen LogP contribution < -0.4 is 5.32 Å². The van der Waals surface area contributed by atoms with Crippen LogP contribution in [-0.4, -0.2) is 21.7 Å². The summed E-state index contributed by atoms with van der Waals surface area (Å²) in [7, 11) is 0. The van der Waals surface area contributed by atoms with Gasteiger partial charge in [-0.05, 0) is 39.3 Å². The average Bonchev–Trinajstić information content (AvgIpc) is 2.86. The zero-order valence-corrected chi connectivity index (χ0v) is 11.9. The first-order valence-electron chi connectivity index (χ1n) is 6.81. The van der Waals surface area contributed by atoms with Gasteiger partial charge < -0.3 is 5.32 Å². The molecule has 1 aromatic heterocycles. The Bertz CT molecular complexity index is 485. The third-order valence-electron chi connectivity index (χ3n) is 3.25. The van der Waals surface area contributed by atoms with E-state index in [4.69, 9.17) is 0 Å². The van der Waals surface area contributed by atoms with Crippen LogP contribution in [0.15, 0.2) is 24.5 Å². The lowest BCUT2D eigenvalue weighted by Crippen LogP contribution is -2.20. The SMILES string of the molecule is Cc1cc(C)cc(C(C)NCCCc2ncn[nH]2)c1. The molecule has 0 fully saturated rings. The van der Waals surface area contributed by atoms with E-state index < -0.39 is 0 Å². The molecule has 0 radical (unpaired) electrons. The molecular formula is C15H22N4. The topological polar surface area (TPSA) is 53.6 Å². The number of nitrogens with one attached hydrogen (secondary N) is 2. The van der Waals surface area contributed by atoms with E-state index >= 15 is 0 Å². The summed E-state index contributed by atoms with van der Waals surface area (Å²) in [6.45, 7) is 7.48. The van der Waals surface area contributed by atoms with Crippen LogP contribution in [0.4, 0.5) is 0 Å². The molecule has 0 bridgehead atoms. The Hall–Kier alpha value is -1.68. The maximum absolute atomic E-state index is 4.12. The molecule has 2 aromatic rings. The second-order valence-corrected chi connectivity index (χ2v) is 5.13. The molecule has 4 heteroatoms. The first kappa shape index (κ1) is 13.7. The van der Waals surface area contributed by atoms with Gasteiger partial charge in [0.2, 0.25) is 0 Å². The van der Waals surface area contributed by atoms with Crippen molar-refractivity contribution in [1.29, 1.82) is 0 Å². The minimum absolute atomic E-state index is 0.383. The summed E-state index contributed by atoms with van der Waals surface area (Å²) in [5.74, 6) is 0.959. The van der Waals surface area contributed by atoms with E-state index in [2.05, 4.69) is 59.5 Å². The van der Waals surface area contributed by atoms with Crippen LogP contribution in [0, 0.1) is 13.8 Å². The van der Waals surface area contributed by atoms with Crippen molar-refractivity contribution in [2.75, 3.05) is 6.54 Å². The van der Waals surface area contributed by atoms with Gasteiger partial charge in [0.05, 0.1) is 0 Å². The van der Waals surface area contributed by atoms with Crippen molar-refractivity contribution in [2.24, 2.45) is 0 Å². The van der Waals surface area contributed by atoms with Gasteiger partial charge in [0.1, 0.15) is 12.2 Å². The Morgan fingerprint density at radius 2 is 1.95 bits per heavy atom. The maximum atomic E-state index is 4.12. The van der Waals surface area contributed by atoms with Gasteiger partial charge in [0, 0.05) is 12.5 Å². The van der Waals surface area contributed by atoms with E-state index in [0.29, 0.717) is 6.04 Å². The van der Waals surface area contributed by atoms with E-state index in [9.17, 15) is 0 Å². The first-order chi connectivity index (χ1) is 9.15. The Morgan fingerprint density at radius 1 is 1.21 bits per heavy atom. The summed E-state index contributed by atoms with van der Waals surface area (Å²) >= 11 is 0. The molecule has 0 aliphatic heterocycles. The molecule has 1 heterocycles. The van der Waals surface area contributed by atoms with Gasteiger partial charge >= 0.3 is 0 Å². The lowest BCUT2D eigenvalue weighted by molar-refractivity contribution is 0.554. The largest absolute Gasteiger partial charge is 0.310 e. The van der Waals surface area contributed by atoms with Gasteiger partial charge in [0.25, 0.3) is 0 Å². The minimum Gasteiger partial charge on any atom is -0.310 e. The Balaban J connectivity index is 1.79. The second-order valence-electron chi connectivity index (χ2n) is 5.13. The Morgan fingerprint density at radius 3 is 2.58 bits per heavy atom. The highest BCUT2D eigenvalue weighted by Crippen LogP contribution is 2.16. The third-order valence-corrected chi connectivity index (χ3v) is 3.25. The van der Waals surface area contributed by atoms with Crippen molar-refractivity contribution >= 4 is 0 Å². The molecule has 102 valence electrons. The molecule has 0 aliphatic rings. The molecule has 0 saturated heterocycles. The van der Waals surface area contributed by atoms with Crippen molar-refractivity contribution in [3.8, 4) is 0 Å². The summed E-state index contributed by atoms with van der Waals surface area (Å²) in [5.41, 5.74) is 4.01.